The highest BCUT2D eigenvalue weighted by atomic mass is 16.3. The van der Waals surface area contributed by atoms with E-state index >= 15 is 0 Å². The smallest absolute Gasteiger partial charge is 0.134 e. The van der Waals surface area contributed by atoms with Crippen molar-refractivity contribution in [2.24, 2.45) is 5.92 Å². The second-order valence-corrected chi connectivity index (χ2v) is 6.26. The summed E-state index contributed by atoms with van der Waals surface area (Å²) in [5.74, 6) is 1.88. The molecule has 0 bridgehead atoms. The highest BCUT2D eigenvalue weighted by Gasteiger charge is 2.22. The van der Waals surface area contributed by atoms with E-state index in [-0.39, 0.29) is 6.04 Å². The number of rotatable bonds is 4. The van der Waals surface area contributed by atoms with Crippen LogP contribution in [0.2, 0.25) is 0 Å². The zero-order chi connectivity index (χ0) is 13.9. The van der Waals surface area contributed by atoms with Gasteiger partial charge in [-0.2, -0.15) is 0 Å². The van der Waals surface area contributed by atoms with E-state index in [0.29, 0.717) is 6.04 Å². The highest BCUT2D eigenvalue weighted by Crippen LogP contribution is 2.29. The van der Waals surface area contributed by atoms with Gasteiger partial charge in [-0.05, 0) is 44.7 Å². The Balaban J connectivity index is 1.67. The predicted molar refractivity (Wildman–Crippen MR) is 83.8 cm³/mol. The molecular weight excluding hydrogens is 246 g/mol. The molecule has 0 saturated heterocycles. The van der Waals surface area contributed by atoms with Crippen LogP contribution in [0.5, 0.6) is 0 Å². The molecule has 1 heterocycles. The monoisotopic (exact) mass is 271 g/mol. The Morgan fingerprint density at radius 1 is 1.10 bits per heavy atom. The van der Waals surface area contributed by atoms with Crippen LogP contribution in [0, 0.1) is 5.92 Å². The standard InChI is InChI=1S/C18H25NO/c1-13(15-8-4-3-5-9-15)19-14(2)18-12-16-10-6-7-11-17(16)20-18/h6-7,10-15,19H,3-5,8-9H2,1-2H3. The molecule has 1 aromatic carbocycles. The fraction of sp³-hybridized carbons (Fsp3) is 0.556. The molecular formula is C18H25NO. The topological polar surface area (TPSA) is 25.2 Å². The minimum Gasteiger partial charge on any atom is -0.459 e. The van der Waals surface area contributed by atoms with Crippen molar-refractivity contribution in [1.29, 1.82) is 0 Å². The van der Waals surface area contributed by atoms with Crippen molar-refractivity contribution < 1.29 is 4.42 Å². The first-order valence-corrected chi connectivity index (χ1v) is 7.98. The fourth-order valence-corrected chi connectivity index (χ4v) is 3.46. The molecule has 20 heavy (non-hydrogen) atoms. The van der Waals surface area contributed by atoms with Crippen LogP contribution in [-0.2, 0) is 0 Å². The molecule has 1 fully saturated rings. The molecule has 0 spiro atoms. The van der Waals surface area contributed by atoms with Crippen LogP contribution in [0.4, 0.5) is 0 Å². The minimum absolute atomic E-state index is 0.277. The van der Waals surface area contributed by atoms with Gasteiger partial charge in [-0.15, -0.1) is 0 Å². The van der Waals surface area contributed by atoms with Gasteiger partial charge >= 0.3 is 0 Å². The highest BCUT2D eigenvalue weighted by molar-refractivity contribution is 5.77. The van der Waals surface area contributed by atoms with Crippen molar-refractivity contribution in [2.45, 2.75) is 58.0 Å². The van der Waals surface area contributed by atoms with Gasteiger partial charge in [0.15, 0.2) is 0 Å². The minimum atomic E-state index is 0.277. The molecule has 0 amide bonds. The van der Waals surface area contributed by atoms with Crippen molar-refractivity contribution in [3.8, 4) is 0 Å². The SMILES string of the molecule is CC(NC(C)C1CCCCC1)c1cc2ccccc2o1. The molecule has 108 valence electrons. The lowest BCUT2D eigenvalue weighted by atomic mass is 9.84. The molecule has 0 aliphatic heterocycles. The molecule has 2 aromatic rings. The molecule has 1 aromatic heterocycles. The summed E-state index contributed by atoms with van der Waals surface area (Å²) in [6.45, 7) is 4.53. The molecule has 1 N–H and O–H groups in total. The van der Waals surface area contributed by atoms with Crippen molar-refractivity contribution in [1.82, 2.24) is 5.32 Å². The largest absolute Gasteiger partial charge is 0.459 e. The Morgan fingerprint density at radius 3 is 2.60 bits per heavy atom. The number of furan rings is 1. The number of nitrogens with one attached hydrogen (secondary N) is 1. The van der Waals surface area contributed by atoms with Gasteiger partial charge in [0.25, 0.3) is 0 Å². The van der Waals surface area contributed by atoms with Gasteiger partial charge in [0.2, 0.25) is 0 Å². The molecule has 1 aliphatic carbocycles. The van der Waals surface area contributed by atoms with Gasteiger partial charge in [0.05, 0.1) is 6.04 Å². The van der Waals surface area contributed by atoms with Crippen LogP contribution in [0.15, 0.2) is 34.7 Å². The second kappa shape index (κ2) is 6.01. The fourth-order valence-electron chi connectivity index (χ4n) is 3.46. The van der Waals surface area contributed by atoms with E-state index < -0.39 is 0 Å². The van der Waals surface area contributed by atoms with E-state index in [2.05, 4.69) is 37.4 Å². The maximum atomic E-state index is 5.96. The quantitative estimate of drug-likeness (QED) is 0.841. The summed E-state index contributed by atoms with van der Waals surface area (Å²) in [5.41, 5.74) is 0.987. The summed E-state index contributed by atoms with van der Waals surface area (Å²) in [6.07, 6.45) is 6.97. The Hall–Kier alpha value is -1.28. The van der Waals surface area contributed by atoms with Crippen LogP contribution in [0.3, 0.4) is 0 Å². The van der Waals surface area contributed by atoms with Gasteiger partial charge in [0.1, 0.15) is 11.3 Å². The molecule has 2 unspecified atom stereocenters. The number of hydrogen-bond acceptors (Lipinski definition) is 2. The zero-order valence-electron chi connectivity index (χ0n) is 12.6. The first-order valence-electron chi connectivity index (χ1n) is 7.98. The molecule has 2 nitrogen and oxygen atoms in total. The van der Waals surface area contributed by atoms with E-state index in [9.17, 15) is 0 Å². The predicted octanol–water partition coefficient (Wildman–Crippen LogP) is 5.05. The summed E-state index contributed by atoms with van der Waals surface area (Å²) >= 11 is 0. The number of para-hydroxylation sites is 1. The van der Waals surface area contributed by atoms with Gasteiger partial charge in [-0.25, -0.2) is 0 Å². The lowest BCUT2D eigenvalue weighted by molar-refractivity contribution is 0.260. The summed E-state index contributed by atoms with van der Waals surface area (Å²) in [6, 6.07) is 11.2. The normalized spacial score (nSPS) is 20.1. The maximum absolute atomic E-state index is 5.96. The average Bonchev–Trinajstić information content (AvgIpc) is 2.92. The summed E-state index contributed by atoms with van der Waals surface area (Å²) < 4.78 is 5.96. The van der Waals surface area contributed by atoms with Crippen molar-refractivity contribution in [2.75, 3.05) is 0 Å². The molecule has 0 radical (unpaired) electrons. The van der Waals surface area contributed by atoms with E-state index in [1.165, 1.54) is 37.5 Å². The Bertz CT molecular complexity index is 520. The van der Waals surface area contributed by atoms with Crippen molar-refractivity contribution in [3.05, 3.63) is 36.1 Å². The van der Waals surface area contributed by atoms with Gasteiger partial charge in [-0.3, -0.25) is 0 Å². The Labute approximate surface area is 121 Å². The third kappa shape index (κ3) is 2.90. The molecule has 1 saturated carbocycles. The van der Waals surface area contributed by atoms with Crippen LogP contribution < -0.4 is 5.32 Å². The summed E-state index contributed by atoms with van der Waals surface area (Å²) in [5, 5.41) is 4.93. The lowest BCUT2D eigenvalue weighted by Crippen LogP contribution is -2.36. The van der Waals surface area contributed by atoms with Crippen LogP contribution in [-0.4, -0.2) is 6.04 Å². The van der Waals surface area contributed by atoms with Gasteiger partial charge in [0, 0.05) is 11.4 Å². The Morgan fingerprint density at radius 2 is 1.85 bits per heavy atom. The number of benzene rings is 1. The molecule has 2 atom stereocenters. The Kier molecular flexibility index (Phi) is 4.11. The third-order valence-electron chi connectivity index (χ3n) is 4.74. The average molecular weight is 271 g/mol. The van der Waals surface area contributed by atoms with E-state index in [1.54, 1.807) is 0 Å². The van der Waals surface area contributed by atoms with Crippen molar-refractivity contribution >= 4 is 11.0 Å². The molecule has 1 aliphatic rings. The van der Waals surface area contributed by atoms with E-state index in [0.717, 1.165) is 17.3 Å². The first kappa shape index (κ1) is 13.7. The van der Waals surface area contributed by atoms with Crippen LogP contribution >= 0.6 is 0 Å². The van der Waals surface area contributed by atoms with Crippen LogP contribution in [0.25, 0.3) is 11.0 Å². The maximum Gasteiger partial charge on any atom is 0.134 e. The lowest BCUT2D eigenvalue weighted by Gasteiger charge is -2.30. The molecule has 3 rings (SSSR count). The zero-order valence-corrected chi connectivity index (χ0v) is 12.6. The first-order chi connectivity index (χ1) is 9.74. The second-order valence-electron chi connectivity index (χ2n) is 6.26. The molecule has 2 heteroatoms. The van der Waals surface area contributed by atoms with E-state index in [1.807, 2.05) is 12.1 Å². The van der Waals surface area contributed by atoms with Gasteiger partial charge in [-0.1, -0.05) is 37.5 Å². The number of hydrogen-bond donors (Lipinski definition) is 1. The summed E-state index contributed by atoms with van der Waals surface area (Å²) in [4.78, 5) is 0. The van der Waals surface area contributed by atoms with Crippen LogP contribution in [0.1, 0.15) is 57.8 Å². The van der Waals surface area contributed by atoms with E-state index in [4.69, 9.17) is 4.42 Å². The summed E-state index contributed by atoms with van der Waals surface area (Å²) in [7, 11) is 0. The number of fused-ring (bicyclic) bond motifs is 1. The van der Waals surface area contributed by atoms with Gasteiger partial charge < -0.3 is 9.73 Å². The third-order valence-corrected chi connectivity index (χ3v) is 4.74. The van der Waals surface area contributed by atoms with Crippen molar-refractivity contribution in [3.63, 3.8) is 0 Å².